The molecule has 0 radical (unpaired) electrons. The number of amides is 1. The summed E-state index contributed by atoms with van der Waals surface area (Å²) in [7, 11) is 1.62. The van der Waals surface area contributed by atoms with Crippen LogP contribution in [0.2, 0.25) is 0 Å². The maximum absolute atomic E-state index is 13.5. The predicted octanol–water partition coefficient (Wildman–Crippen LogP) is 5.94. The van der Waals surface area contributed by atoms with Crippen LogP contribution in [0.4, 0.5) is 10.1 Å². The number of thioether (sulfide) groups is 1. The van der Waals surface area contributed by atoms with Crippen molar-refractivity contribution in [2.45, 2.75) is 43.4 Å². The molecule has 6 nitrogen and oxygen atoms in total. The summed E-state index contributed by atoms with van der Waals surface area (Å²) in [6.45, 7) is 5.21. The number of carbonyl (C=O) groups is 2. The van der Waals surface area contributed by atoms with Gasteiger partial charge in [0.1, 0.15) is 28.2 Å². The van der Waals surface area contributed by atoms with E-state index in [2.05, 4.69) is 0 Å². The second-order valence-corrected chi connectivity index (χ2v) is 10.8. The van der Waals surface area contributed by atoms with E-state index in [4.69, 9.17) is 14.2 Å². The van der Waals surface area contributed by atoms with Gasteiger partial charge >= 0.3 is 5.97 Å². The van der Waals surface area contributed by atoms with Crippen molar-refractivity contribution in [3.05, 3.63) is 89.7 Å². The van der Waals surface area contributed by atoms with Crippen LogP contribution in [0, 0.1) is 5.82 Å². The van der Waals surface area contributed by atoms with Crippen molar-refractivity contribution in [2.75, 3.05) is 18.6 Å². The Morgan fingerprint density at radius 2 is 1.57 bits per heavy atom. The van der Waals surface area contributed by atoms with Crippen molar-refractivity contribution in [1.29, 1.82) is 0 Å². The zero-order valence-electron chi connectivity index (χ0n) is 21.3. The molecule has 0 aromatic heterocycles. The quantitative estimate of drug-likeness (QED) is 0.255. The van der Waals surface area contributed by atoms with Crippen LogP contribution in [0.25, 0.3) is 0 Å². The molecule has 0 spiro atoms. The first kappa shape index (κ1) is 26.5. The summed E-state index contributed by atoms with van der Waals surface area (Å²) in [5, 5.41) is -0.305. The first-order chi connectivity index (χ1) is 17.6. The zero-order chi connectivity index (χ0) is 26.6. The third kappa shape index (κ3) is 6.63. The maximum Gasteiger partial charge on any atom is 0.344 e. The molecule has 3 aromatic carbocycles. The van der Waals surface area contributed by atoms with Gasteiger partial charge in [-0.2, -0.15) is 0 Å². The van der Waals surface area contributed by atoms with E-state index >= 15 is 0 Å². The lowest BCUT2D eigenvalue weighted by Gasteiger charge is -2.47. The smallest absolute Gasteiger partial charge is 0.344 e. The summed E-state index contributed by atoms with van der Waals surface area (Å²) >= 11 is 1.57. The number of benzene rings is 3. The highest BCUT2D eigenvalue weighted by atomic mass is 32.2. The second-order valence-electron chi connectivity index (χ2n) is 9.65. The monoisotopic (exact) mass is 523 g/mol. The molecule has 0 unspecified atom stereocenters. The minimum atomic E-state index is -0.580. The molecule has 3 aromatic rings. The van der Waals surface area contributed by atoms with Crippen LogP contribution in [0.1, 0.15) is 37.9 Å². The molecule has 1 heterocycles. The Bertz CT molecular complexity index is 1220. The molecule has 8 heteroatoms. The summed E-state index contributed by atoms with van der Waals surface area (Å²) in [6, 6.07) is 20.8. The van der Waals surface area contributed by atoms with Crippen LogP contribution in [0.5, 0.6) is 11.5 Å². The number of rotatable bonds is 9. The van der Waals surface area contributed by atoms with Gasteiger partial charge in [-0.15, -0.1) is 11.8 Å². The van der Waals surface area contributed by atoms with Crippen molar-refractivity contribution < 1.29 is 28.2 Å². The molecule has 0 N–H and O–H groups in total. The molecule has 37 heavy (non-hydrogen) atoms. The number of nitrogens with zero attached hydrogens (tertiary/aromatic N) is 1. The second kappa shape index (κ2) is 11.3. The predicted molar refractivity (Wildman–Crippen MR) is 142 cm³/mol. The van der Waals surface area contributed by atoms with Crippen molar-refractivity contribution in [3.63, 3.8) is 0 Å². The van der Waals surface area contributed by atoms with E-state index in [1.165, 1.54) is 12.1 Å². The standard InChI is InChI=1S/C29H30FNO5S/c1-29(2,3)36-25(32)17-35-24-15-7-20(8-16-24)26-27(37-18-19-5-13-23(34-4)14-6-19)28(33)31(26)22-11-9-21(30)10-12-22/h5-16,26-27H,17-18H2,1-4H3/t26-,27-/m1/s1. The van der Waals surface area contributed by atoms with Crippen LogP contribution >= 0.6 is 11.8 Å². The van der Waals surface area contributed by atoms with Crippen LogP contribution in [-0.2, 0) is 20.1 Å². The number of hydrogen-bond acceptors (Lipinski definition) is 6. The van der Waals surface area contributed by atoms with Gasteiger partial charge in [0, 0.05) is 11.4 Å². The molecular weight excluding hydrogens is 493 g/mol. The normalized spacial score (nSPS) is 17.2. The zero-order valence-corrected chi connectivity index (χ0v) is 22.1. The van der Waals surface area contributed by atoms with Gasteiger partial charge in [-0.1, -0.05) is 24.3 Å². The molecule has 1 aliphatic heterocycles. The molecule has 1 amide bonds. The average Bonchev–Trinajstić information content (AvgIpc) is 2.87. The van der Waals surface area contributed by atoms with Crippen LogP contribution in [0.3, 0.4) is 0 Å². The first-order valence-electron chi connectivity index (χ1n) is 11.9. The minimum Gasteiger partial charge on any atom is -0.497 e. The maximum atomic E-state index is 13.5. The van der Waals surface area contributed by atoms with Crippen molar-refractivity contribution >= 4 is 29.3 Å². The van der Waals surface area contributed by atoms with Crippen molar-refractivity contribution in [2.24, 2.45) is 0 Å². The van der Waals surface area contributed by atoms with Crippen LogP contribution < -0.4 is 14.4 Å². The summed E-state index contributed by atoms with van der Waals surface area (Å²) in [6.07, 6.45) is 0. The molecular formula is C29H30FNO5S. The van der Waals surface area contributed by atoms with Crippen LogP contribution in [0.15, 0.2) is 72.8 Å². The Morgan fingerprint density at radius 1 is 0.946 bits per heavy atom. The summed E-state index contributed by atoms with van der Waals surface area (Å²) < 4.78 is 29.6. The van der Waals surface area contributed by atoms with Crippen LogP contribution in [-0.4, -0.2) is 36.4 Å². The number of halogens is 1. The Hall–Kier alpha value is -3.52. The molecule has 2 atom stereocenters. The summed E-state index contributed by atoms with van der Waals surface area (Å²) in [4.78, 5) is 26.9. The average molecular weight is 524 g/mol. The molecule has 4 rings (SSSR count). The molecule has 194 valence electrons. The van der Waals surface area contributed by atoms with Crippen molar-refractivity contribution in [3.8, 4) is 11.5 Å². The van der Waals surface area contributed by atoms with E-state index in [1.54, 1.807) is 68.8 Å². The number of hydrogen-bond donors (Lipinski definition) is 0. The fraction of sp³-hybridized carbons (Fsp3) is 0.310. The van der Waals surface area contributed by atoms with E-state index in [-0.39, 0.29) is 29.6 Å². The molecule has 0 bridgehead atoms. The lowest BCUT2D eigenvalue weighted by molar-refractivity contribution is -0.157. The largest absolute Gasteiger partial charge is 0.497 e. The van der Waals surface area contributed by atoms with Gasteiger partial charge in [0.15, 0.2) is 6.61 Å². The topological polar surface area (TPSA) is 65.1 Å². The fourth-order valence-corrected chi connectivity index (χ4v) is 5.30. The van der Waals surface area contributed by atoms with Gasteiger partial charge in [-0.3, -0.25) is 4.79 Å². The molecule has 1 saturated heterocycles. The third-order valence-electron chi connectivity index (χ3n) is 5.74. The van der Waals surface area contributed by atoms with E-state index in [9.17, 15) is 14.0 Å². The van der Waals surface area contributed by atoms with Gasteiger partial charge in [-0.05, 0) is 80.4 Å². The van der Waals surface area contributed by atoms with E-state index < -0.39 is 11.6 Å². The SMILES string of the molecule is COc1ccc(CS[C@H]2C(=O)N(c3ccc(F)cc3)[C@@H]2c2ccc(OCC(=O)OC(C)(C)C)cc2)cc1. The Labute approximate surface area is 220 Å². The van der Waals surface area contributed by atoms with Gasteiger partial charge in [0.25, 0.3) is 0 Å². The highest BCUT2D eigenvalue weighted by Gasteiger charge is 2.49. The Balaban J connectivity index is 1.49. The van der Waals surface area contributed by atoms with Gasteiger partial charge in [-0.25, -0.2) is 9.18 Å². The van der Waals surface area contributed by atoms with Crippen molar-refractivity contribution in [1.82, 2.24) is 0 Å². The third-order valence-corrected chi connectivity index (χ3v) is 7.06. The highest BCUT2D eigenvalue weighted by Crippen LogP contribution is 2.46. The van der Waals surface area contributed by atoms with Gasteiger partial charge in [0.2, 0.25) is 5.91 Å². The molecule has 0 aliphatic carbocycles. The molecule has 1 fully saturated rings. The highest BCUT2D eigenvalue weighted by molar-refractivity contribution is 8.00. The number of β-lactam (4-membered cyclic amide) rings is 1. The fourth-order valence-electron chi connectivity index (χ4n) is 4.02. The number of ether oxygens (including phenoxy) is 3. The summed E-state index contributed by atoms with van der Waals surface area (Å²) in [5.74, 6) is 1.13. The Kier molecular flexibility index (Phi) is 8.07. The lowest BCUT2D eigenvalue weighted by Crippen LogP contribution is -2.57. The van der Waals surface area contributed by atoms with E-state index in [0.717, 1.165) is 16.9 Å². The van der Waals surface area contributed by atoms with Gasteiger partial charge in [0.05, 0.1) is 13.2 Å². The lowest BCUT2D eigenvalue weighted by atomic mass is 9.92. The number of anilines is 1. The molecule has 1 aliphatic rings. The minimum absolute atomic E-state index is 0.0274. The van der Waals surface area contributed by atoms with Gasteiger partial charge < -0.3 is 19.1 Å². The number of carbonyl (C=O) groups excluding carboxylic acids is 2. The number of esters is 1. The first-order valence-corrected chi connectivity index (χ1v) is 13.0. The Morgan fingerprint density at radius 3 is 2.16 bits per heavy atom. The van der Waals surface area contributed by atoms with E-state index in [0.29, 0.717) is 17.2 Å². The molecule has 0 saturated carbocycles. The van der Waals surface area contributed by atoms with E-state index in [1.807, 2.05) is 36.4 Å². The summed E-state index contributed by atoms with van der Waals surface area (Å²) in [5.41, 5.74) is 2.07. The number of methoxy groups -OCH3 is 1.